The Morgan fingerprint density at radius 1 is 1.48 bits per heavy atom. The summed E-state index contributed by atoms with van der Waals surface area (Å²) in [6, 6.07) is 3.78. The van der Waals surface area contributed by atoms with E-state index < -0.39 is 10.8 Å². The molecule has 1 aliphatic carbocycles. The van der Waals surface area contributed by atoms with Crippen LogP contribution in [0.15, 0.2) is 18.2 Å². The number of benzene rings is 1. The molecule has 6 nitrogen and oxygen atoms in total. The first-order valence-electron chi connectivity index (χ1n) is 6.87. The molecule has 0 radical (unpaired) electrons. The fraction of sp³-hybridized carbons (Fsp3) is 0.500. The highest BCUT2D eigenvalue weighted by Gasteiger charge is 2.22. The Bertz CT molecular complexity index is 550. The zero-order valence-electron chi connectivity index (χ0n) is 11.4. The summed E-state index contributed by atoms with van der Waals surface area (Å²) in [5.41, 5.74) is -0.0696. The molecule has 0 aromatic heterocycles. The Morgan fingerprint density at radius 3 is 2.90 bits per heavy atom. The number of non-ortho nitro benzene ring substituents is 1. The Kier molecular flexibility index (Phi) is 5.14. The average molecular weight is 313 g/mol. The molecule has 1 aromatic carbocycles. The van der Waals surface area contributed by atoms with Crippen LogP contribution in [-0.4, -0.2) is 28.6 Å². The number of nitro groups is 1. The highest BCUT2D eigenvalue weighted by Crippen LogP contribution is 2.25. The van der Waals surface area contributed by atoms with Gasteiger partial charge in [-0.15, -0.1) is 0 Å². The van der Waals surface area contributed by atoms with Gasteiger partial charge in [-0.2, -0.15) is 0 Å². The second-order valence-electron chi connectivity index (χ2n) is 5.32. The standard InChI is InChI=1S/C14H17ClN2O4/c15-13-5-4-10(17(20)21)7-12(13)14(19)16-8-9-2-1-3-11(18)6-9/h4-5,7,9,11,18H,1-3,6,8H2,(H,16,19). The zero-order valence-corrected chi connectivity index (χ0v) is 12.2. The summed E-state index contributed by atoms with van der Waals surface area (Å²) in [5, 5.41) is 23.2. The number of nitrogens with zero attached hydrogens (tertiary/aromatic N) is 1. The predicted octanol–water partition coefficient (Wildman–Crippen LogP) is 2.53. The largest absolute Gasteiger partial charge is 0.393 e. The Hall–Kier alpha value is -1.66. The van der Waals surface area contributed by atoms with Crippen molar-refractivity contribution in [1.29, 1.82) is 0 Å². The van der Waals surface area contributed by atoms with Crippen LogP contribution < -0.4 is 5.32 Å². The number of carbonyl (C=O) groups excluding carboxylic acids is 1. The van der Waals surface area contributed by atoms with Crippen molar-refractivity contribution < 1.29 is 14.8 Å². The first-order chi connectivity index (χ1) is 9.97. The summed E-state index contributed by atoms with van der Waals surface area (Å²) < 4.78 is 0. The normalized spacial score (nSPS) is 21.8. The molecule has 0 aliphatic heterocycles. The molecule has 7 heteroatoms. The SMILES string of the molecule is O=C(NCC1CCCC(O)C1)c1cc([N+](=O)[O-])ccc1Cl. The third-order valence-electron chi connectivity index (χ3n) is 3.71. The minimum Gasteiger partial charge on any atom is -0.393 e. The number of amides is 1. The molecular weight excluding hydrogens is 296 g/mol. The first-order valence-corrected chi connectivity index (χ1v) is 7.25. The first kappa shape index (κ1) is 15.7. The van der Waals surface area contributed by atoms with Crippen molar-refractivity contribution in [3.8, 4) is 0 Å². The van der Waals surface area contributed by atoms with E-state index >= 15 is 0 Å². The van der Waals surface area contributed by atoms with E-state index in [0.717, 1.165) is 19.3 Å². The number of aliphatic hydroxyl groups is 1. The van der Waals surface area contributed by atoms with Crippen LogP contribution >= 0.6 is 11.6 Å². The van der Waals surface area contributed by atoms with Gasteiger partial charge in [0.25, 0.3) is 11.6 Å². The highest BCUT2D eigenvalue weighted by molar-refractivity contribution is 6.33. The molecular formula is C14H17ClN2O4. The molecule has 1 aliphatic rings. The summed E-state index contributed by atoms with van der Waals surface area (Å²) in [5.74, 6) is -0.195. The van der Waals surface area contributed by atoms with Gasteiger partial charge in [-0.1, -0.05) is 18.0 Å². The third-order valence-corrected chi connectivity index (χ3v) is 4.04. The molecule has 2 unspecified atom stereocenters. The number of carbonyl (C=O) groups is 1. The molecule has 0 spiro atoms. The van der Waals surface area contributed by atoms with Crippen LogP contribution in [-0.2, 0) is 0 Å². The van der Waals surface area contributed by atoms with Crippen molar-refractivity contribution in [2.24, 2.45) is 5.92 Å². The van der Waals surface area contributed by atoms with Crippen molar-refractivity contribution in [3.63, 3.8) is 0 Å². The molecule has 1 saturated carbocycles. The zero-order chi connectivity index (χ0) is 15.4. The van der Waals surface area contributed by atoms with Gasteiger partial charge in [0.15, 0.2) is 0 Å². The van der Waals surface area contributed by atoms with Gasteiger partial charge in [-0.3, -0.25) is 14.9 Å². The molecule has 2 atom stereocenters. The van der Waals surface area contributed by atoms with E-state index in [4.69, 9.17) is 11.6 Å². The maximum absolute atomic E-state index is 12.1. The summed E-state index contributed by atoms with van der Waals surface area (Å²) in [6.45, 7) is 0.439. The van der Waals surface area contributed by atoms with Crippen LogP contribution in [0.5, 0.6) is 0 Å². The maximum atomic E-state index is 12.1. The fourth-order valence-electron chi connectivity index (χ4n) is 2.58. The Balaban J connectivity index is 1.99. The van der Waals surface area contributed by atoms with E-state index in [9.17, 15) is 20.0 Å². The fourth-order valence-corrected chi connectivity index (χ4v) is 2.78. The van der Waals surface area contributed by atoms with E-state index in [-0.39, 0.29) is 28.3 Å². The van der Waals surface area contributed by atoms with E-state index in [2.05, 4.69) is 5.32 Å². The van der Waals surface area contributed by atoms with E-state index in [1.54, 1.807) is 0 Å². The lowest BCUT2D eigenvalue weighted by molar-refractivity contribution is -0.384. The van der Waals surface area contributed by atoms with E-state index in [0.29, 0.717) is 13.0 Å². The summed E-state index contributed by atoms with van der Waals surface area (Å²) >= 11 is 5.92. The predicted molar refractivity (Wildman–Crippen MR) is 78.4 cm³/mol. The minimum atomic E-state index is -0.565. The molecule has 2 N–H and O–H groups in total. The monoisotopic (exact) mass is 312 g/mol. The molecule has 0 bridgehead atoms. The molecule has 1 amide bonds. The molecule has 114 valence electrons. The molecule has 0 heterocycles. The van der Waals surface area contributed by atoms with Crippen molar-refractivity contribution in [2.45, 2.75) is 31.8 Å². The number of hydrogen-bond donors (Lipinski definition) is 2. The lowest BCUT2D eigenvalue weighted by Crippen LogP contribution is -2.33. The number of nitro benzene ring substituents is 1. The van der Waals surface area contributed by atoms with Crippen LogP contribution in [0, 0.1) is 16.0 Å². The number of halogens is 1. The number of rotatable bonds is 4. The molecule has 21 heavy (non-hydrogen) atoms. The molecule has 0 saturated heterocycles. The minimum absolute atomic E-state index is 0.0993. The quantitative estimate of drug-likeness (QED) is 0.660. The third kappa shape index (κ3) is 4.15. The molecule has 1 fully saturated rings. The number of hydrogen-bond acceptors (Lipinski definition) is 4. The van der Waals surface area contributed by atoms with E-state index in [1.807, 2.05) is 0 Å². The summed E-state index contributed by atoms with van der Waals surface area (Å²) in [7, 11) is 0. The van der Waals surface area contributed by atoms with Crippen LogP contribution in [0.2, 0.25) is 5.02 Å². The van der Waals surface area contributed by atoms with Crippen molar-refractivity contribution in [3.05, 3.63) is 38.9 Å². The number of nitrogens with one attached hydrogen (secondary N) is 1. The van der Waals surface area contributed by atoms with E-state index in [1.165, 1.54) is 18.2 Å². The second kappa shape index (κ2) is 6.87. The van der Waals surface area contributed by atoms with Crippen LogP contribution in [0.1, 0.15) is 36.0 Å². The van der Waals surface area contributed by atoms with Gasteiger partial charge in [0.05, 0.1) is 21.6 Å². The maximum Gasteiger partial charge on any atom is 0.270 e. The lowest BCUT2D eigenvalue weighted by atomic mass is 9.87. The van der Waals surface area contributed by atoms with Gasteiger partial charge < -0.3 is 10.4 Å². The summed E-state index contributed by atoms with van der Waals surface area (Å²) in [4.78, 5) is 22.3. The topological polar surface area (TPSA) is 92.5 Å². The number of aliphatic hydroxyl groups excluding tert-OH is 1. The van der Waals surface area contributed by atoms with Crippen molar-refractivity contribution in [1.82, 2.24) is 5.32 Å². The molecule has 1 aromatic rings. The van der Waals surface area contributed by atoms with Crippen LogP contribution in [0.3, 0.4) is 0 Å². The Labute approximate surface area is 127 Å². The van der Waals surface area contributed by atoms with Crippen LogP contribution in [0.4, 0.5) is 5.69 Å². The smallest absolute Gasteiger partial charge is 0.270 e. The lowest BCUT2D eigenvalue weighted by Gasteiger charge is -2.25. The van der Waals surface area contributed by atoms with Gasteiger partial charge in [0, 0.05) is 18.7 Å². The van der Waals surface area contributed by atoms with Gasteiger partial charge in [0.1, 0.15) is 0 Å². The average Bonchev–Trinajstić information content (AvgIpc) is 2.45. The van der Waals surface area contributed by atoms with Gasteiger partial charge in [-0.05, 0) is 31.2 Å². The Morgan fingerprint density at radius 2 is 2.24 bits per heavy atom. The molecule has 2 rings (SSSR count). The van der Waals surface area contributed by atoms with Crippen LogP contribution in [0.25, 0.3) is 0 Å². The van der Waals surface area contributed by atoms with Gasteiger partial charge in [0.2, 0.25) is 0 Å². The highest BCUT2D eigenvalue weighted by atomic mass is 35.5. The second-order valence-corrected chi connectivity index (χ2v) is 5.72. The summed E-state index contributed by atoms with van der Waals surface area (Å²) in [6.07, 6.45) is 3.07. The van der Waals surface area contributed by atoms with Crippen molar-refractivity contribution in [2.75, 3.05) is 6.54 Å². The van der Waals surface area contributed by atoms with Crippen molar-refractivity contribution >= 4 is 23.2 Å². The van der Waals surface area contributed by atoms with Gasteiger partial charge in [-0.25, -0.2) is 0 Å². The van der Waals surface area contributed by atoms with Gasteiger partial charge >= 0.3 is 0 Å².